The van der Waals surface area contributed by atoms with E-state index in [4.69, 9.17) is 4.74 Å². The van der Waals surface area contributed by atoms with Crippen LogP contribution in [-0.2, 0) is 14.3 Å². The lowest BCUT2D eigenvalue weighted by Gasteiger charge is -2.35. The summed E-state index contributed by atoms with van der Waals surface area (Å²) in [5, 5.41) is 0. The van der Waals surface area contributed by atoms with Crippen LogP contribution in [0.15, 0.2) is 0 Å². The van der Waals surface area contributed by atoms with Crippen molar-refractivity contribution in [1.82, 2.24) is 4.90 Å². The average Bonchev–Trinajstić information content (AvgIpc) is 2.23. The van der Waals surface area contributed by atoms with Crippen molar-refractivity contribution >= 4 is 11.7 Å². The summed E-state index contributed by atoms with van der Waals surface area (Å²) in [6, 6.07) is -0.376. The number of rotatable bonds is 3. The molecule has 0 saturated carbocycles. The van der Waals surface area contributed by atoms with Crippen molar-refractivity contribution in [3.63, 3.8) is 0 Å². The van der Waals surface area contributed by atoms with Gasteiger partial charge in [0, 0.05) is 6.54 Å². The molecule has 0 aromatic rings. The zero-order valence-electron chi connectivity index (χ0n) is 10.9. The first kappa shape index (κ1) is 15.1. The van der Waals surface area contributed by atoms with Crippen LogP contribution in [-0.4, -0.2) is 42.4 Å². The van der Waals surface area contributed by atoms with Gasteiger partial charge >= 0.3 is 0 Å². The van der Waals surface area contributed by atoms with Crippen LogP contribution in [0.2, 0.25) is 0 Å². The van der Waals surface area contributed by atoms with Crippen molar-refractivity contribution < 1.29 is 14.3 Å². The number of nitrogens with zero attached hydrogens (tertiary/aromatic N) is 1. The quantitative estimate of drug-likeness (QED) is 0.736. The summed E-state index contributed by atoms with van der Waals surface area (Å²) in [5.41, 5.74) is 0. The Labute approximate surface area is 98.0 Å². The van der Waals surface area contributed by atoms with E-state index >= 15 is 0 Å². The number of hydrogen-bond acceptors (Lipinski definition) is 3. The Morgan fingerprint density at radius 1 is 1.50 bits per heavy atom. The number of ketones is 1. The second kappa shape index (κ2) is 7.39. The largest absolute Gasteiger partial charge is 0.369 e. The Morgan fingerprint density at radius 2 is 2.06 bits per heavy atom. The van der Waals surface area contributed by atoms with Gasteiger partial charge in [-0.05, 0) is 12.8 Å². The Hall–Kier alpha value is -0.900. The van der Waals surface area contributed by atoms with Gasteiger partial charge in [-0.3, -0.25) is 9.59 Å². The van der Waals surface area contributed by atoms with E-state index in [1.807, 2.05) is 27.7 Å². The fraction of sp³-hybridized carbons (Fsp3) is 0.833. The predicted molar refractivity (Wildman–Crippen MR) is 63.2 cm³/mol. The number of ether oxygens (including phenoxy) is 1. The Balaban J connectivity index is 0.00000106. The molecule has 94 valence electrons. The van der Waals surface area contributed by atoms with E-state index in [1.54, 1.807) is 4.90 Å². The van der Waals surface area contributed by atoms with Crippen LogP contribution in [0.5, 0.6) is 0 Å². The molecular weight excluding hydrogens is 206 g/mol. The highest BCUT2D eigenvalue weighted by atomic mass is 16.5. The fourth-order valence-corrected chi connectivity index (χ4v) is 1.56. The maximum atomic E-state index is 11.5. The van der Waals surface area contributed by atoms with Gasteiger partial charge in [-0.2, -0.15) is 0 Å². The predicted octanol–water partition coefficient (Wildman–Crippen LogP) is 1.48. The summed E-state index contributed by atoms with van der Waals surface area (Å²) >= 11 is 0. The minimum atomic E-state index is -0.376. The third-order valence-corrected chi connectivity index (χ3v) is 2.23. The van der Waals surface area contributed by atoms with Gasteiger partial charge < -0.3 is 9.64 Å². The van der Waals surface area contributed by atoms with Gasteiger partial charge in [0.25, 0.3) is 0 Å². The van der Waals surface area contributed by atoms with Crippen molar-refractivity contribution in [2.45, 2.75) is 40.7 Å². The molecule has 1 rings (SSSR count). The first-order chi connectivity index (χ1) is 7.52. The first-order valence-corrected chi connectivity index (χ1v) is 5.90. The van der Waals surface area contributed by atoms with Crippen LogP contribution in [0.25, 0.3) is 0 Å². The zero-order valence-corrected chi connectivity index (χ0v) is 10.9. The minimum absolute atomic E-state index is 0.00120. The van der Waals surface area contributed by atoms with Gasteiger partial charge in [-0.25, -0.2) is 0 Å². The molecule has 4 nitrogen and oxygen atoms in total. The molecule has 16 heavy (non-hydrogen) atoms. The van der Waals surface area contributed by atoms with Gasteiger partial charge in [0.1, 0.15) is 12.6 Å². The van der Waals surface area contributed by atoms with Crippen molar-refractivity contribution in [3.8, 4) is 0 Å². The van der Waals surface area contributed by atoms with Crippen LogP contribution in [0.4, 0.5) is 0 Å². The smallest absolute Gasteiger partial charge is 0.249 e. The summed E-state index contributed by atoms with van der Waals surface area (Å²) < 4.78 is 5.06. The number of hydrogen-bond donors (Lipinski definition) is 0. The summed E-state index contributed by atoms with van der Waals surface area (Å²) in [6.45, 7) is 10.6. The van der Waals surface area contributed by atoms with E-state index in [1.165, 1.54) is 6.92 Å². The highest BCUT2D eigenvalue weighted by Gasteiger charge is 2.31. The standard InChI is InChI=1S/C10H17NO3.C2H6/c1-7(2)4-11-9(8(3)12)5-14-6-10(11)13;1-2/h7,9H,4-6H2,1-3H3;1-2H3. The molecule has 4 heteroatoms. The number of Topliss-reactive ketones (excluding diaryl/α,β-unsaturated/α-hetero) is 1. The molecule has 0 aromatic carbocycles. The van der Waals surface area contributed by atoms with Crippen molar-refractivity contribution in [1.29, 1.82) is 0 Å². The molecule has 1 saturated heterocycles. The maximum Gasteiger partial charge on any atom is 0.249 e. The van der Waals surface area contributed by atoms with Crippen molar-refractivity contribution in [3.05, 3.63) is 0 Å². The zero-order chi connectivity index (χ0) is 12.7. The molecule has 1 amide bonds. The summed E-state index contributed by atoms with van der Waals surface area (Å²) in [5.74, 6) is 0.294. The third kappa shape index (κ3) is 4.31. The van der Waals surface area contributed by atoms with Gasteiger partial charge in [0.2, 0.25) is 5.91 Å². The van der Waals surface area contributed by atoms with Gasteiger partial charge in [0.15, 0.2) is 5.78 Å². The fourth-order valence-electron chi connectivity index (χ4n) is 1.56. The van der Waals surface area contributed by atoms with Crippen LogP contribution in [0, 0.1) is 5.92 Å². The highest BCUT2D eigenvalue weighted by Crippen LogP contribution is 2.11. The molecule has 0 spiro atoms. The summed E-state index contributed by atoms with van der Waals surface area (Å²) in [6.07, 6.45) is 0. The van der Waals surface area contributed by atoms with E-state index in [2.05, 4.69) is 0 Å². The highest BCUT2D eigenvalue weighted by molar-refractivity contribution is 5.89. The number of carbonyl (C=O) groups is 2. The van der Waals surface area contributed by atoms with Gasteiger partial charge in [-0.15, -0.1) is 0 Å². The lowest BCUT2D eigenvalue weighted by Crippen LogP contribution is -2.53. The minimum Gasteiger partial charge on any atom is -0.369 e. The number of amides is 1. The molecule has 0 aromatic heterocycles. The first-order valence-electron chi connectivity index (χ1n) is 5.90. The molecule has 0 bridgehead atoms. The lowest BCUT2D eigenvalue weighted by atomic mass is 10.1. The molecular formula is C12H23NO3. The SMILES string of the molecule is CC.CC(=O)C1COCC(=O)N1CC(C)C. The van der Waals surface area contributed by atoms with Crippen molar-refractivity contribution in [2.24, 2.45) is 5.92 Å². The maximum absolute atomic E-state index is 11.5. The van der Waals surface area contributed by atoms with E-state index in [0.717, 1.165) is 0 Å². The Morgan fingerprint density at radius 3 is 2.50 bits per heavy atom. The molecule has 0 N–H and O–H groups in total. The van der Waals surface area contributed by atoms with Crippen molar-refractivity contribution in [2.75, 3.05) is 19.8 Å². The number of morpholine rings is 1. The van der Waals surface area contributed by atoms with Gasteiger partial charge in [-0.1, -0.05) is 27.7 Å². The topological polar surface area (TPSA) is 46.6 Å². The van der Waals surface area contributed by atoms with Crippen LogP contribution >= 0.6 is 0 Å². The van der Waals surface area contributed by atoms with Gasteiger partial charge in [0.05, 0.1) is 6.61 Å². The Bertz CT molecular complexity index is 238. The van der Waals surface area contributed by atoms with E-state index in [0.29, 0.717) is 19.1 Å². The molecule has 1 fully saturated rings. The molecule has 0 aliphatic carbocycles. The second-order valence-electron chi connectivity index (χ2n) is 4.08. The second-order valence-corrected chi connectivity index (χ2v) is 4.08. The molecule has 1 heterocycles. The van der Waals surface area contributed by atoms with Crippen LogP contribution in [0.1, 0.15) is 34.6 Å². The Kier molecular flexibility index (Phi) is 6.97. The number of carbonyl (C=O) groups excluding carboxylic acids is 2. The molecule has 0 radical (unpaired) electrons. The molecule has 1 unspecified atom stereocenters. The lowest BCUT2D eigenvalue weighted by molar-refractivity contribution is -0.154. The van der Waals surface area contributed by atoms with E-state index in [9.17, 15) is 9.59 Å². The average molecular weight is 229 g/mol. The molecule has 1 aliphatic rings. The normalized spacial score (nSPS) is 20.5. The van der Waals surface area contributed by atoms with Crippen LogP contribution in [0.3, 0.4) is 0 Å². The summed E-state index contributed by atoms with van der Waals surface area (Å²) in [7, 11) is 0. The molecule has 1 aliphatic heterocycles. The van der Waals surface area contributed by atoms with E-state index in [-0.39, 0.29) is 24.3 Å². The van der Waals surface area contributed by atoms with Crippen LogP contribution < -0.4 is 0 Å². The molecule has 1 atom stereocenters. The monoisotopic (exact) mass is 229 g/mol. The van der Waals surface area contributed by atoms with E-state index < -0.39 is 0 Å². The third-order valence-electron chi connectivity index (χ3n) is 2.23. The summed E-state index contributed by atoms with van der Waals surface area (Å²) in [4.78, 5) is 24.4.